The van der Waals surface area contributed by atoms with Gasteiger partial charge in [0.2, 0.25) is 0 Å². The molecule has 3 nitrogen and oxygen atoms in total. The molecule has 0 bridgehead atoms. The van der Waals surface area contributed by atoms with Crippen LogP contribution in [0.1, 0.15) is 25.3 Å². The van der Waals surface area contributed by atoms with Crippen LogP contribution in [0.3, 0.4) is 0 Å². The van der Waals surface area contributed by atoms with Gasteiger partial charge in [0, 0.05) is 42.2 Å². The number of nitrogens with zero attached hydrogens (tertiary/aromatic N) is 2. The van der Waals surface area contributed by atoms with Crippen molar-refractivity contribution in [1.82, 2.24) is 9.80 Å². The summed E-state index contributed by atoms with van der Waals surface area (Å²) in [5.41, 5.74) is 7.64. The van der Waals surface area contributed by atoms with E-state index in [-0.39, 0.29) is 5.54 Å². The molecule has 0 saturated carbocycles. The Morgan fingerprint density at radius 2 is 2.00 bits per heavy atom. The van der Waals surface area contributed by atoms with Gasteiger partial charge in [0.1, 0.15) is 0 Å². The summed E-state index contributed by atoms with van der Waals surface area (Å²) in [6.45, 7) is 7.89. The lowest BCUT2D eigenvalue weighted by Gasteiger charge is -2.47. The van der Waals surface area contributed by atoms with E-state index in [1.165, 1.54) is 38.0 Å². The number of fused-ring (bicyclic) bond motifs is 1. The fraction of sp³-hybridized carbons (Fsp3) is 0.647. The van der Waals surface area contributed by atoms with Crippen LogP contribution in [0.5, 0.6) is 0 Å². The standard InChI is InChI=1S/C17H26BrN3/c1-17(13-19,11-14-4-6-15(18)7-5-14)21-10-9-20-8-2-3-16(20)12-21/h4-7,16H,2-3,8-13,19H2,1H3. The summed E-state index contributed by atoms with van der Waals surface area (Å²) in [4.78, 5) is 5.30. The third-order valence-electron chi connectivity index (χ3n) is 5.29. The van der Waals surface area contributed by atoms with Gasteiger partial charge in [-0.2, -0.15) is 0 Å². The summed E-state index contributed by atoms with van der Waals surface area (Å²) < 4.78 is 1.14. The minimum Gasteiger partial charge on any atom is -0.329 e. The van der Waals surface area contributed by atoms with E-state index in [4.69, 9.17) is 5.73 Å². The van der Waals surface area contributed by atoms with Crippen molar-refractivity contribution in [2.45, 2.75) is 37.8 Å². The fourth-order valence-corrected chi connectivity index (χ4v) is 4.10. The van der Waals surface area contributed by atoms with Crippen LogP contribution < -0.4 is 5.73 Å². The molecule has 2 saturated heterocycles. The van der Waals surface area contributed by atoms with Crippen LogP contribution in [-0.2, 0) is 6.42 Å². The summed E-state index contributed by atoms with van der Waals surface area (Å²) in [6, 6.07) is 9.44. The van der Waals surface area contributed by atoms with Crippen LogP contribution in [0, 0.1) is 0 Å². The van der Waals surface area contributed by atoms with Gasteiger partial charge in [-0.05, 0) is 50.4 Å². The molecule has 116 valence electrons. The van der Waals surface area contributed by atoms with E-state index in [1.807, 2.05) is 0 Å². The van der Waals surface area contributed by atoms with Crippen molar-refractivity contribution in [3.63, 3.8) is 0 Å². The van der Waals surface area contributed by atoms with Gasteiger partial charge in [0.25, 0.3) is 0 Å². The topological polar surface area (TPSA) is 32.5 Å². The highest BCUT2D eigenvalue weighted by atomic mass is 79.9. The van der Waals surface area contributed by atoms with Crippen molar-refractivity contribution in [1.29, 1.82) is 0 Å². The minimum atomic E-state index is 0.0719. The molecule has 2 heterocycles. The van der Waals surface area contributed by atoms with Gasteiger partial charge in [-0.3, -0.25) is 9.80 Å². The molecule has 0 spiro atoms. The molecule has 3 rings (SSSR count). The highest BCUT2D eigenvalue weighted by molar-refractivity contribution is 9.10. The number of rotatable bonds is 4. The Bertz CT molecular complexity index is 475. The molecular weight excluding hydrogens is 326 g/mol. The molecule has 2 fully saturated rings. The molecule has 0 radical (unpaired) electrons. The first-order valence-corrected chi connectivity index (χ1v) is 8.84. The van der Waals surface area contributed by atoms with Crippen LogP contribution >= 0.6 is 15.9 Å². The Morgan fingerprint density at radius 3 is 2.71 bits per heavy atom. The van der Waals surface area contributed by atoms with Crippen LogP contribution in [0.15, 0.2) is 28.7 Å². The van der Waals surface area contributed by atoms with Gasteiger partial charge in [-0.25, -0.2) is 0 Å². The van der Waals surface area contributed by atoms with Crippen LogP contribution in [0.2, 0.25) is 0 Å². The normalized spacial score (nSPS) is 26.5. The predicted molar refractivity (Wildman–Crippen MR) is 91.5 cm³/mol. The molecule has 2 atom stereocenters. The maximum Gasteiger partial charge on any atom is 0.0345 e. The largest absolute Gasteiger partial charge is 0.329 e. The molecular formula is C17H26BrN3. The molecule has 2 aliphatic heterocycles. The first kappa shape index (κ1) is 15.5. The number of hydrogen-bond acceptors (Lipinski definition) is 3. The lowest BCUT2D eigenvalue weighted by atomic mass is 9.89. The Labute approximate surface area is 136 Å². The molecule has 0 aromatic heterocycles. The molecule has 4 heteroatoms. The second-order valence-electron chi connectivity index (χ2n) is 6.78. The zero-order chi connectivity index (χ0) is 14.9. The van der Waals surface area contributed by atoms with Crippen molar-refractivity contribution in [3.8, 4) is 0 Å². The van der Waals surface area contributed by atoms with Gasteiger partial charge in [0.15, 0.2) is 0 Å². The zero-order valence-corrected chi connectivity index (χ0v) is 14.5. The predicted octanol–water partition coefficient (Wildman–Crippen LogP) is 2.49. The quantitative estimate of drug-likeness (QED) is 0.904. The number of halogens is 1. The molecule has 0 amide bonds. The van der Waals surface area contributed by atoms with Crippen molar-refractivity contribution >= 4 is 15.9 Å². The maximum atomic E-state index is 6.19. The van der Waals surface area contributed by atoms with Crippen LogP contribution in [0.25, 0.3) is 0 Å². The molecule has 2 unspecified atom stereocenters. The first-order chi connectivity index (χ1) is 10.1. The zero-order valence-electron chi connectivity index (χ0n) is 12.9. The second-order valence-corrected chi connectivity index (χ2v) is 7.70. The number of piperazine rings is 1. The van der Waals surface area contributed by atoms with E-state index in [9.17, 15) is 0 Å². The summed E-state index contributed by atoms with van der Waals surface area (Å²) in [5.74, 6) is 0. The molecule has 21 heavy (non-hydrogen) atoms. The smallest absolute Gasteiger partial charge is 0.0345 e. The highest BCUT2D eigenvalue weighted by Gasteiger charge is 2.38. The van der Waals surface area contributed by atoms with Gasteiger partial charge in [-0.1, -0.05) is 28.1 Å². The van der Waals surface area contributed by atoms with E-state index in [2.05, 4.69) is 56.9 Å². The third-order valence-corrected chi connectivity index (χ3v) is 5.82. The van der Waals surface area contributed by atoms with E-state index in [1.54, 1.807) is 0 Å². The van der Waals surface area contributed by atoms with E-state index in [0.717, 1.165) is 30.0 Å². The minimum absolute atomic E-state index is 0.0719. The summed E-state index contributed by atoms with van der Waals surface area (Å²) in [7, 11) is 0. The van der Waals surface area contributed by atoms with Gasteiger partial charge >= 0.3 is 0 Å². The first-order valence-electron chi connectivity index (χ1n) is 8.04. The third kappa shape index (κ3) is 3.34. The summed E-state index contributed by atoms with van der Waals surface area (Å²) >= 11 is 3.51. The molecule has 2 N–H and O–H groups in total. The molecule has 1 aromatic rings. The van der Waals surface area contributed by atoms with Gasteiger partial charge in [-0.15, -0.1) is 0 Å². The lowest BCUT2D eigenvalue weighted by molar-refractivity contribution is 0.0273. The van der Waals surface area contributed by atoms with Crippen molar-refractivity contribution < 1.29 is 0 Å². The summed E-state index contributed by atoms with van der Waals surface area (Å²) in [5, 5.41) is 0. The van der Waals surface area contributed by atoms with Gasteiger partial charge < -0.3 is 5.73 Å². The molecule has 0 aliphatic carbocycles. The SMILES string of the molecule is CC(CN)(Cc1ccc(Br)cc1)N1CCN2CCCC2C1. The Kier molecular flexibility index (Phi) is 4.69. The Balaban J connectivity index is 1.71. The van der Waals surface area contributed by atoms with E-state index in [0.29, 0.717) is 0 Å². The van der Waals surface area contributed by atoms with E-state index < -0.39 is 0 Å². The van der Waals surface area contributed by atoms with Crippen LogP contribution in [-0.4, -0.2) is 54.1 Å². The number of benzene rings is 1. The van der Waals surface area contributed by atoms with Crippen molar-refractivity contribution in [2.75, 3.05) is 32.7 Å². The Hall–Kier alpha value is -0.420. The number of hydrogen-bond donors (Lipinski definition) is 1. The average Bonchev–Trinajstić information content (AvgIpc) is 2.97. The fourth-order valence-electron chi connectivity index (χ4n) is 3.84. The van der Waals surface area contributed by atoms with Gasteiger partial charge in [0.05, 0.1) is 0 Å². The molecule has 2 aliphatic rings. The second kappa shape index (κ2) is 6.37. The van der Waals surface area contributed by atoms with Crippen molar-refractivity contribution in [2.24, 2.45) is 5.73 Å². The highest BCUT2D eigenvalue weighted by Crippen LogP contribution is 2.28. The van der Waals surface area contributed by atoms with Crippen LogP contribution in [0.4, 0.5) is 0 Å². The van der Waals surface area contributed by atoms with Crippen molar-refractivity contribution in [3.05, 3.63) is 34.3 Å². The average molecular weight is 352 g/mol. The van der Waals surface area contributed by atoms with E-state index >= 15 is 0 Å². The summed E-state index contributed by atoms with van der Waals surface area (Å²) in [6.07, 6.45) is 3.75. The number of nitrogens with two attached hydrogens (primary N) is 1. The Morgan fingerprint density at radius 1 is 1.24 bits per heavy atom. The lowest BCUT2D eigenvalue weighted by Crippen LogP contribution is -2.61. The molecule has 1 aromatic carbocycles. The monoisotopic (exact) mass is 351 g/mol. The maximum absolute atomic E-state index is 6.19.